The number of anilines is 1. The van der Waals surface area contributed by atoms with E-state index in [9.17, 15) is 9.59 Å². The third kappa shape index (κ3) is 4.39. The number of carbonyl (C=O) groups is 2. The number of thiazole rings is 1. The molecule has 0 N–H and O–H groups in total. The number of fused-ring (bicyclic) bond motifs is 1. The van der Waals surface area contributed by atoms with Crippen molar-refractivity contribution < 1.29 is 9.59 Å². The Bertz CT molecular complexity index is 1290. The maximum atomic E-state index is 13.0. The van der Waals surface area contributed by atoms with Crippen LogP contribution in [0, 0.1) is 0 Å². The van der Waals surface area contributed by atoms with Crippen LogP contribution in [0.2, 0.25) is 0 Å². The van der Waals surface area contributed by atoms with E-state index in [1.807, 2.05) is 23.1 Å². The van der Waals surface area contributed by atoms with Crippen LogP contribution in [0.15, 0.2) is 72.8 Å². The van der Waals surface area contributed by atoms with Crippen molar-refractivity contribution in [2.75, 3.05) is 31.1 Å². The van der Waals surface area contributed by atoms with Gasteiger partial charge in [0.25, 0.3) is 5.91 Å². The predicted molar refractivity (Wildman–Crippen MR) is 133 cm³/mol. The molecule has 4 aromatic rings. The summed E-state index contributed by atoms with van der Waals surface area (Å²) in [5.74, 6) is -0.0321. The molecule has 0 atom stereocenters. The second kappa shape index (κ2) is 9.16. The molecule has 2 heterocycles. The zero-order valence-electron chi connectivity index (χ0n) is 18.5. The number of hydrogen-bond donors (Lipinski definition) is 0. The van der Waals surface area contributed by atoms with E-state index in [1.54, 1.807) is 47.7 Å². The predicted octanol–water partition coefficient (Wildman–Crippen LogP) is 5.05. The highest BCUT2D eigenvalue weighted by molar-refractivity contribution is 7.22. The molecule has 0 bridgehead atoms. The molecule has 1 aliphatic heterocycles. The summed E-state index contributed by atoms with van der Waals surface area (Å²) < 4.78 is 1.22. The summed E-state index contributed by atoms with van der Waals surface area (Å²) in [4.78, 5) is 34.6. The van der Waals surface area contributed by atoms with Gasteiger partial charge in [-0.25, -0.2) is 4.98 Å². The third-order valence-electron chi connectivity index (χ3n) is 6.12. The molecule has 1 fully saturated rings. The number of rotatable bonds is 5. The van der Waals surface area contributed by atoms with Crippen molar-refractivity contribution in [2.45, 2.75) is 13.3 Å². The largest absolute Gasteiger partial charge is 0.345 e. The first-order chi connectivity index (χ1) is 16.1. The molecule has 0 radical (unpaired) electrons. The van der Waals surface area contributed by atoms with Crippen molar-refractivity contribution in [3.63, 3.8) is 0 Å². The molecule has 33 heavy (non-hydrogen) atoms. The van der Waals surface area contributed by atoms with Crippen molar-refractivity contribution in [3.05, 3.63) is 95.1 Å². The Hall–Kier alpha value is -3.51. The number of aryl methyl sites for hydroxylation is 1. The molecule has 0 aliphatic carbocycles. The van der Waals surface area contributed by atoms with Gasteiger partial charge in [-0.15, -0.1) is 0 Å². The fourth-order valence-corrected chi connectivity index (χ4v) is 5.20. The lowest BCUT2D eigenvalue weighted by atomic mass is 10.0. The first kappa shape index (κ1) is 21.3. The number of ketones is 1. The minimum absolute atomic E-state index is 0.00486. The van der Waals surface area contributed by atoms with E-state index >= 15 is 0 Å². The molecule has 166 valence electrons. The summed E-state index contributed by atoms with van der Waals surface area (Å²) in [5, 5.41) is 1.02. The van der Waals surface area contributed by atoms with E-state index in [4.69, 9.17) is 4.98 Å². The zero-order valence-corrected chi connectivity index (χ0v) is 19.3. The van der Waals surface area contributed by atoms with Gasteiger partial charge in [-0.3, -0.25) is 9.59 Å². The number of amides is 1. The lowest BCUT2D eigenvalue weighted by molar-refractivity contribution is 0.0746. The smallest absolute Gasteiger partial charge is 0.253 e. The number of nitrogens with zero attached hydrogens (tertiary/aromatic N) is 3. The highest BCUT2D eigenvalue weighted by Crippen LogP contribution is 2.30. The third-order valence-corrected chi connectivity index (χ3v) is 7.20. The summed E-state index contributed by atoms with van der Waals surface area (Å²) in [6, 6.07) is 22.6. The molecule has 0 unspecified atom stereocenters. The van der Waals surface area contributed by atoms with Gasteiger partial charge in [0.15, 0.2) is 10.9 Å². The van der Waals surface area contributed by atoms with Crippen molar-refractivity contribution in [1.29, 1.82) is 0 Å². The number of benzene rings is 3. The molecule has 0 spiro atoms. The SMILES string of the molecule is CCc1ccc2nc(N3CCN(C(=O)c4ccc(C(=O)c5ccccc5)cc4)CC3)sc2c1. The second-order valence-electron chi connectivity index (χ2n) is 8.20. The molecule has 5 nitrogen and oxygen atoms in total. The van der Waals surface area contributed by atoms with Gasteiger partial charge in [0, 0.05) is 42.9 Å². The first-order valence-electron chi connectivity index (χ1n) is 11.3. The summed E-state index contributed by atoms with van der Waals surface area (Å²) in [5.41, 5.74) is 4.21. The standard InChI is InChI=1S/C27H25N3O2S/c1-2-19-8-13-23-24(18-19)33-27(28-23)30-16-14-29(15-17-30)26(32)22-11-9-21(10-12-22)25(31)20-6-4-3-5-7-20/h3-13,18H,2,14-17H2,1H3. The fourth-order valence-electron chi connectivity index (χ4n) is 4.12. The van der Waals surface area contributed by atoms with E-state index in [-0.39, 0.29) is 11.7 Å². The number of carbonyl (C=O) groups excluding carboxylic acids is 2. The van der Waals surface area contributed by atoms with E-state index < -0.39 is 0 Å². The zero-order chi connectivity index (χ0) is 22.8. The van der Waals surface area contributed by atoms with E-state index in [0.29, 0.717) is 29.8 Å². The molecule has 1 aliphatic rings. The van der Waals surface area contributed by atoms with Crippen LogP contribution >= 0.6 is 11.3 Å². The molecule has 6 heteroatoms. The fraction of sp³-hybridized carbons (Fsp3) is 0.222. The van der Waals surface area contributed by atoms with E-state index in [0.717, 1.165) is 30.2 Å². The van der Waals surface area contributed by atoms with Crippen molar-refractivity contribution in [1.82, 2.24) is 9.88 Å². The average Bonchev–Trinajstić information content (AvgIpc) is 3.32. The quantitative estimate of drug-likeness (QED) is 0.395. The van der Waals surface area contributed by atoms with Gasteiger partial charge >= 0.3 is 0 Å². The lowest BCUT2D eigenvalue weighted by Crippen LogP contribution is -2.48. The van der Waals surface area contributed by atoms with Crippen LogP contribution in [0.4, 0.5) is 5.13 Å². The van der Waals surface area contributed by atoms with E-state index in [1.165, 1.54) is 10.3 Å². The van der Waals surface area contributed by atoms with Crippen molar-refractivity contribution in [3.8, 4) is 0 Å². The van der Waals surface area contributed by atoms with Gasteiger partial charge < -0.3 is 9.80 Å². The highest BCUT2D eigenvalue weighted by atomic mass is 32.1. The summed E-state index contributed by atoms with van der Waals surface area (Å²) in [7, 11) is 0. The van der Waals surface area contributed by atoms with Crippen LogP contribution in [0.5, 0.6) is 0 Å². The normalized spacial score (nSPS) is 14.0. The Morgan fingerprint density at radius 1 is 0.848 bits per heavy atom. The van der Waals surface area contributed by atoms with Crippen LogP contribution in [0.1, 0.15) is 38.8 Å². The molecule has 1 saturated heterocycles. The minimum atomic E-state index is -0.0369. The van der Waals surface area contributed by atoms with Crippen LogP contribution in [-0.4, -0.2) is 47.8 Å². The van der Waals surface area contributed by atoms with Crippen LogP contribution in [-0.2, 0) is 6.42 Å². The number of hydrogen-bond acceptors (Lipinski definition) is 5. The summed E-state index contributed by atoms with van der Waals surface area (Å²) in [6.45, 7) is 4.99. The van der Waals surface area contributed by atoms with Crippen molar-refractivity contribution in [2.24, 2.45) is 0 Å². The molecule has 1 amide bonds. The van der Waals surface area contributed by atoms with Crippen LogP contribution < -0.4 is 4.90 Å². The Morgan fingerprint density at radius 2 is 1.52 bits per heavy atom. The molecule has 0 saturated carbocycles. The molecule has 3 aromatic carbocycles. The Labute approximate surface area is 197 Å². The lowest BCUT2D eigenvalue weighted by Gasteiger charge is -2.34. The monoisotopic (exact) mass is 455 g/mol. The molecular weight excluding hydrogens is 430 g/mol. The van der Waals surface area contributed by atoms with Crippen LogP contribution in [0.25, 0.3) is 10.2 Å². The Balaban J connectivity index is 1.23. The molecule has 1 aromatic heterocycles. The average molecular weight is 456 g/mol. The molecular formula is C27H25N3O2S. The molecule has 5 rings (SSSR count). The van der Waals surface area contributed by atoms with Gasteiger partial charge in [-0.2, -0.15) is 0 Å². The van der Waals surface area contributed by atoms with Gasteiger partial charge in [0.2, 0.25) is 0 Å². The van der Waals surface area contributed by atoms with Gasteiger partial charge in [0.1, 0.15) is 0 Å². The highest BCUT2D eigenvalue weighted by Gasteiger charge is 2.24. The van der Waals surface area contributed by atoms with Gasteiger partial charge in [-0.05, 0) is 36.2 Å². The number of piperazine rings is 1. The van der Waals surface area contributed by atoms with Gasteiger partial charge in [-0.1, -0.05) is 66.8 Å². The van der Waals surface area contributed by atoms with Crippen LogP contribution in [0.3, 0.4) is 0 Å². The maximum Gasteiger partial charge on any atom is 0.253 e. The maximum absolute atomic E-state index is 13.0. The summed E-state index contributed by atoms with van der Waals surface area (Å²) in [6.07, 6.45) is 1.02. The topological polar surface area (TPSA) is 53.5 Å². The van der Waals surface area contributed by atoms with E-state index in [2.05, 4.69) is 30.0 Å². The Morgan fingerprint density at radius 3 is 2.21 bits per heavy atom. The van der Waals surface area contributed by atoms with Crippen molar-refractivity contribution >= 4 is 38.4 Å². The number of aromatic nitrogens is 1. The first-order valence-corrected chi connectivity index (χ1v) is 12.1. The minimum Gasteiger partial charge on any atom is -0.345 e. The second-order valence-corrected chi connectivity index (χ2v) is 9.21. The van der Waals surface area contributed by atoms with Gasteiger partial charge in [0.05, 0.1) is 10.2 Å². The summed E-state index contributed by atoms with van der Waals surface area (Å²) >= 11 is 1.72. The Kier molecular flexibility index (Phi) is 5.92.